The fourth-order valence-electron chi connectivity index (χ4n) is 0. The van der Waals surface area contributed by atoms with Crippen molar-refractivity contribution in [3.63, 3.8) is 0 Å². The van der Waals surface area contributed by atoms with Crippen LogP contribution in [0.3, 0.4) is 0 Å². The number of aliphatic carboxylic acids is 6. The van der Waals surface area contributed by atoms with Crippen LogP contribution in [0.15, 0.2) is 0 Å². The van der Waals surface area contributed by atoms with Crippen molar-refractivity contribution in [1.82, 2.24) is 0 Å². The number of carbonyl (C=O) groups excluding carboxylic acids is 2. The van der Waals surface area contributed by atoms with Crippen molar-refractivity contribution in [2.75, 3.05) is 0 Å². The summed E-state index contributed by atoms with van der Waals surface area (Å²) in [4.78, 5) is 54.2. The average Bonchev–Trinajstić information content (AvgIpc) is 2.18. The fourth-order valence-corrected chi connectivity index (χ4v) is 0. The molecule has 0 fully saturated rings. The smallest absolute Gasteiger partial charge is 0.543 e. The van der Waals surface area contributed by atoms with Gasteiger partial charge < -0.3 is 40.2 Å². The molecule has 0 aromatic carbocycles. The predicted molar refractivity (Wildman–Crippen MR) is 46.3 cm³/mol. The molecule has 0 saturated heterocycles. The van der Waals surface area contributed by atoms with Gasteiger partial charge in [-0.05, 0) is 0 Å². The van der Waals surface area contributed by atoms with E-state index in [-0.39, 0.29) is 67.2 Å². The molecule has 0 atom stereocenters. The van der Waals surface area contributed by atoms with Crippen molar-refractivity contribution in [2.45, 2.75) is 0 Å². The molecule has 0 aromatic rings. The van der Waals surface area contributed by atoms with Gasteiger partial charge in [-0.1, -0.05) is 0 Å². The summed E-state index contributed by atoms with van der Waals surface area (Å²) in [5.41, 5.74) is 0. The average molecular weight is 404 g/mol. The second kappa shape index (κ2) is 18.0. The Bertz CT molecular complexity index is 283. The van der Waals surface area contributed by atoms with Crippen LogP contribution < -0.4 is 10.2 Å². The maximum absolute atomic E-state index is 9.10. The van der Waals surface area contributed by atoms with E-state index in [2.05, 4.69) is 0 Å². The van der Waals surface area contributed by atoms with Crippen LogP contribution in [0.25, 0.3) is 0 Å². The summed E-state index contributed by atoms with van der Waals surface area (Å²) in [5, 5.41) is 47.4. The second-order valence-corrected chi connectivity index (χ2v) is 1.80. The van der Waals surface area contributed by atoms with Crippen LogP contribution in [-0.4, -0.2) is 102 Å². The Balaban J connectivity index is -0.0000000536. The first kappa shape index (κ1) is 31.4. The van der Waals surface area contributed by atoms with Crippen molar-refractivity contribution < 1.29 is 81.1 Å². The van der Waals surface area contributed by atoms with Gasteiger partial charge in [0.25, 0.3) is 0 Å². The molecule has 0 spiro atoms. The molecule has 0 aliphatic rings. The van der Waals surface area contributed by atoms with Gasteiger partial charge >= 0.3 is 69.4 Å². The molecular weight excluding hydrogens is 400 g/mol. The van der Waals surface area contributed by atoms with Crippen molar-refractivity contribution in [2.24, 2.45) is 0 Å². The first-order valence-corrected chi connectivity index (χ1v) is 3.28. The summed E-state index contributed by atoms with van der Waals surface area (Å²) in [6, 6.07) is 0. The molecule has 0 aliphatic carbocycles. The van der Waals surface area contributed by atoms with Crippen LogP contribution in [-0.2, 0) is 50.5 Å². The molecule has 0 aromatic heterocycles. The fraction of sp³-hybridized carbons (Fsp3) is 0. The van der Waals surface area contributed by atoms with Gasteiger partial charge in [0, 0.05) is 21.7 Å². The minimum Gasteiger partial charge on any atom is -0.543 e. The van der Waals surface area contributed by atoms with Gasteiger partial charge in [-0.2, -0.15) is 0 Å². The monoisotopic (exact) mass is 404 g/mol. The van der Waals surface area contributed by atoms with Crippen LogP contribution >= 0.6 is 0 Å². The molecule has 4 N–H and O–H groups in total. The largest absolute Gasteiger partial charge is 2.00 e. The summed E-state index contributed by atoms with van der Waals surface area (Å²) >= 11 is 0. The van der Waals surface area contributed by atoms with Crippen LogP contribution in [0.5, 0.6) is 0 Å². The van der Waals surface area contributed by atoms with E-state index in [1.165, 1.54) is 0 Å². The van der Waals surface area contributed by atoms with Crippen LogP contribution in [0.4, 0.5) is 0 Å². The summed E-state index contributed by atoms with van der Waals surface area (Å²) < 4.78 is 0. The quantitative estimate of drug-likeness (QED) is 0.219. The Morgan fingerprint density at radius 1 is 0.550 bits per heavy atom. The molecule has 0 heterocycles. The Morgan fingerprint density at radius 3 is 0.650 bits per heavy atom. The third kappa shape index (κ3) is 36.0. The van der Waals surface area contributed by atoms with E-state index in [1.54, 1.807) is 0 Å². The Morgan fingerprint density at radius 2 is 0.650 bits per heavy atom. The third-order valence-electron chi connectivity index (χ3n) is 0.533. The number of carbonyl (C=O) groups is 6. The standard InChI is InChI=1S/3C2H2O4.Sr.Ti/c3*3-1(4)2(5)6;;/h3*(H,3,4)(H,5,6);;/q;;;+2;/p-2. The number of hydrogen-bond donors (Lipinski definition) is 4. The normalized spacial score (nSPS) is 6.60. The number of carboxylic acids is 6. The van der Waals surface area contributed by atoms with Gasteiger partial charge in [0.2, 0.25) is 0 Å². The van der Waals surface area contributed by atoms with Gasteiger partial charge in [-0.25, -0.2) is 19.2 Å². The molecule has 0 rings (SSSR count). The van der Waals surface area contributed by atoms with Crippen molar-refractivity contribution in [3.8, 4) is 0 Å². The minimum absolute atomic E-state index is 0. The van der Waals surface area contributed by atoms with Gasteiger partial charge in [0.1, 0.15) is 0 Å². The summed E-state index contributed by atoms with van der Waals surface area (Å²) in [5.74, 6) is -11.7. The van der Waals surface area contributed by atoms with Gasteiger partial charge in [0.05, 0.1) is 11.9 Å². The van der Waals surface area contributed by atoms with Crippen molar-refractivity contribution in [3.05, 3.63) is 0 Å². The molecule has 0 aliphatic heterocycles. The van der Waals surface area contributed by atoms with E-state index in [9.17, 15) is 0 Å². The maximum atomic E-state index is 9.10. The van der Waals surface area contributed by atoms with E-state index in [4.69, 9.17) is 59.4 Å². The van der Waals surface area contributed by atoms with Crippen LogP contribution in [0.2, 0.25) is 0 Å². The molecular formula is C6H4O12SrTi. The van der Waals surface area contributed by atoms with Gasteiger partial charge in [-0.15, -0.1) is 0 Å². The summed E-state index contributed by atoms with van der Waals surface area (Å²) in [6.07, 6.45) is 0. The van der Waals surface area contributed by atoms with Crippen molar-refractivity contribution >= 4 is 81.3 Å². The number of hydrogen-bond acceptors (Lipinski definition) is 8. The van der Waals surface area contributed by atoms with E-state index < -0.39 is 35.8 Å². The zero-order chi connectivity index (χ0) is 15.5. The summed E-state index contributed by atoms with van der Waals surface area (Å²) in [7, 11) is 0. The third-order valence-corrected chi connectivity index (χ3v) is 0.533. The second-order valence-electron chi connectivity index (χ2n) is 1.80. The molecule has 0 amide bonds. The Kier molecular flexibility index (Phi) is 28.3. The van der Waals surface area contributed by atoms with E-state index >= 15 is 0 Å². The van der Waals surface area contributed by atoms with E-state index in [1.807, 2.05) is 0 Å². The van der Waals surface area contributed by atoms with Crippen LogP contribution in [0, 0.1) is 0 Å². The van der Waals surface area contributed by atoms with E-state index in [0.29, 0.717) is 0 Å². The van der Waals surface area contributed by atoms with E-state index in [0.717, 1.165) is 0 Å². The first-order valence-electron chi connectivity index (χ1n) is 3.28. The van der Waals surface area contributed by atoms with Gasteiger partial charge in [-0.3, -0.25) is 0 Å². The van der Waals surface area contributed by atoms with Crippen molar-refractivity contribution in [1.29, 1.82) is 0 Å². The first-order chi connectivity index (χ1) is 7.93. The molecule has 20 heavy (non-hydrogen) atoms. The maximum Gasteiger partial charge on any atom is 2.00 e. The molecule has 12 nitrogen and oxygen atoms in total. The molecule has 0 unspecified atom stereocenters. The zero-order valence-corrected chi connectivity index (χ0v) is 14.3. The molecule has 0 radical (unpaired) electrons. The minimum atomic E-state index is -2.19. The predicted octanol–water partition coefficient (Wildman–Crippen LogP) is -5.59. The summed E-state index contributed by atoms with van der Waals surface area (Å²) in [6.45, 7) is 0. The topological polar surface area (TPSA) is 229 Å². The zero-order valence-electron chi connectivity index (χ0n) is 9.26. The number of carboxylic acid groups (broad SMARTS) is 6. The SMILES string of the molecule is O=C(O)C(=O)O.O=C(O)C(=O)O.O=C([O-])C(=O)[O-].[Sr+2].[Ti]. The Labute approximate surface area is 161 Å². The Hall–Kier alpha value is -0.985. The molecule has 0 bridgehead atoms. The van der Waals surface area contributed by atoms with Crippen LogP contribution in [0.1, 0.15) is 0 Å². The molecule has 14 heteroatoms. The number of rotatable bonds is 0. The van der Waals surface area contributed by atoms with Gasteiger partial charge in [0.15, 0.2) is 0 Å². The molecule has 0 saturated carbocycles. The molecule has 106 valence electrons.